The van der Waals surface area contributed by atoms with E-state index in [1.165, 1.54) is 6.07 Å². The predicted molar refractivity (Wildman–Crippen MR) is 68.0 cm³/mol. The van der Waals surface area contributed by atoms with Gasteiger partial charge in [0.05, 0.1) is 12.2 Å². The van der Waals surface area contributed by atoms with Crippen molar-refractivity contribution in [1.82, 2.24) is 0 Å². The van der Waals surface area contributed by atoms with Crippen LogP contribution in [0.4, 0.5) is 17.6 Å². The van der Waals surface area contributed by atoms with Crippen molar-refractivity contribution in [2.24, 2.45) is 5.92 Å². The molecule has 1 aromatic rings. The molecule has 7 heteroatoms. The van der Waals surface area contributed by atoms with Gasteiger partial charge in [-0.15, -0.1) is 13.2 Å². The second-order valence-corrected chi connectivity index (χ2v) is 5.68. The van der Waals surface area contributed by atoms with E-state index in [9.17, 15) is 22.4 Å². The summed E-state index contributed by atoms with van der Waals surface area (Å²) in [4.78, 5) is 12.4. The maximum Gasteiger partial charge on any atom is 0.573 e. The van der Waals surface area contributed by atoms with E-state index in [-0.39, 0.29) is 29.5 Å². The van der Waals surface area contributed by atoms with E-state index in [0.29, 0.717) is 12.8 Å². The van der Waals surface area contributed by atoms with Crippen molar-refractivity contribution in [3.63, 3.8) is 0 Å². The summed E-state index contributed by atoms with van der Waals surface area (Å²) < 4.78 is 59.1. The Morgan fingerprint density at radius 3 is 2.36 bits per heavy atom. The van der Waals surface area contributed by atoms with Crippen LogP contribution in [0, 0.1) is 11.7 Å². The van der Waals surface area contributed by atoms with Crippen molar-refractivity contribution in [2.45, 2.75) is 44.3 Å². The Kier molecular flexibility index (Phi) is 3.84. The second-order valence-electron chi connectivity index (χ2n) is 5.68. The van der Waals surface area contributed by atoms with Crippen molar-refractivity contribution in [2.75, 3.05) is 0 Å². The third-order valence-corrected chi connectivity index (χ3v) is 4.10. The maximum atomic E-state index is 13.7. The lowest BCUT2D eigenvalue weighted by Gasteiger charge is -2.27. The zero-order valence-corrected chi connectivity index (χ0v) is 11.5. The molecular formula is C15H14F4O3. The number of halogens is 4. The fourth-order valence-electron chi connectivity index (χ4n) is 3.17. The van der Waals surface area contributed by atoms with Crippen LogP contribution in [0.2, 0.25) is 0 Å². The molecule has 0 aromatic heterocycles. The molecule has 0 N–H and O–H groups in total. The minimum absolute atomic E-state index is 0.0605. The second kappa shape index (κ2) is 5.53. The van der Waals surface area contributed by atoms with Crippen molar-refractivity contribution in [3.8, 4) is 5.75 Å². The van der Waals surface area contributed by atoms with Gasteiger partial charge in [-0.25, -0.2) is 4.39 Å². The van der Waals surface area contributed by atoms with Gasteiger partial charge in [-0.2, -0.15) is 0 Å². The van der Waals surface area contributed by atoms with Gasteiger partial charge in [-0.1, -0.05) is 0 Å². The molecule has 1 aromatic carbocycles. The minimum atomic E-state index is -4.97. The Morgan fingerprint density at radius 1 is 1.18 bits per heavy atom. The summed E-state index contributed by atoms with van der Waals surface area (Å²) >= 11 is 0. The SMILES string of the molecule is O=C(c1ccc(OC(F)(F)F)c(F)c1)C1CC2CCC(C1)O2. The van der Waals surface area contributed by atoms with Crippen LogP contribution in [-0.2, 0) is 4.74 Å². The van der Waals surface area contributed by atoms with Crippen molar-refractivity contribution >= 4 is 5.78 Å². The van der Waals surface area contributed by atoms with E-state index in [1.54, 1.807) is 0 Å². The molecule has 0 radical (unpaired) electrons. The fourth-order valence-corrected chi connectivity index (χ4v) is 3.17. The van der Waals surface area contributed by atoms with Crippen LogP contribution in [0.5, 0.6) is 5.75 Å². The maximum absolute atomic E-state index is 13.7. The number of rotatable bonds is 3. The number of ketones is 1. The van der Waals surface area contributed by atoms with Gasteiger partial charge < -0.3 is 9.47 Å². The van der Waals surface area contributed by atoms with Crippen LogP contribution in [-0.4, -0.2) is 24.4 Å². The number of hydrogen-bond donors (Lipinski definition) is 0. The Bertz CT molecular complexity index is 573. The van der Waals surface area contributed by atoms with Crippen LogP contribution in [0.25, 0.3) is 0 Å². The third-order valence-electron chi connectivity index (χ3n) is 4.10. The molecule has 2 bridgehead atoms. The molecule has 120 valence electrons. The number of carbonyl (C=O) groups excluding carboxylic acids is 1. The largest absolute Gasteiger partial charge is 0.573 e. The molecule has 0 saturated carbocycles. The van der Waals surface area contributed by atoms with Crippen molar-refractivity contribution in [1.29, 1.82) is 0 Å². The molecule has 22 heavy (non-hydrogen) atoms. The van der Waals surface area contributed by atoms with Gasteiger partial charge in [-0.05, 0) is 43.9 Å². The molecule has 2 heterocycles. The number of benzene rings is 1. The predicted octanol–water partition coefficient (Wildman–Crippen LogP) is 3.86. The summed E-state index contributed by atoms with van der Waals surface area (Å²) in [7, 11) is 0. The average molecular weight is 318 g/mol. The quantitative estimate of drug-likeness (QED) is 0.627. The monoisotopic (exact) mass is 318 g/mol. The summed E-state index contributed by atoms with van der Waals surface area (Å²) in [6, 6.07) is 2.81. The number of ether oxygens (including phenoxy) is 2. The third kappa shape index (κ3) is 3.24. The van der Waals surface area contributed by atoms with E-state index in [0.717, 1.165) is 25.0 Å². The van der Waals surface area contributed by atoms with Crippen LogP contribution in [0.15, 0.2) is 18.2 Å². The first-order valence-electron chi connectivity index (χ1n) is 7.07. The van der Waals surface area contributed by atoms with Crippen LogP contribution in [0.3, 0.4) is 0 Å². The molecule has 2 aliphatic rings. The number of carbonyl (C=O) groups is 1. The van der Waals surface area contributed by atoms with Gasteiger partial charge in [-0.3, -0.25) is 4.79 Å². The number of alkyl halides is 3. The first-order chi connectivity index (χ1) is 10.3. The van der Waals surface area contributed by atoms with Gasteiger partial charge in [0, 0.05) is 11.5 Å². The van der Waals surface area contributed by atoms with Gasteiger partial charge in [0.2, 0.25) is 0 Å². The van der Waals surface area contributed by atoms with Crippen molar-refractivity contribution in [3.05, 3.63) is 29.6 Å². The zero-order valence-electron chi connectivity index (χ0n) is 11.5. The van der Waals surface area contributed by atoms with Gasteiger partial charge in [0.25, 0.3) is 0 Å². The molecule has 2 atom stereocenters. The summed E-state index contributed by atoms with van der Waals surface area (Å²) in [6.45, 7) is 0. The molecule has 2 unspecified atom stereocenters. The van der Waals surface area contributed by atoms with E-state index in [2.05, 4.69) is 4.74 Å². The highest BCUT2D eigenvalue weighted by atomic mass is 19.4. The zero-order chi connectivity index (χ0) is 15.9. The topological polar surface area (TPSA) is 35.5 Å². The summed E-state index contributed by atoms with van der Waals surface area (Å²) in [6.07, 6.45) is -1.85. The van der Waals surface area contributed by atoms with E-state index in [1.807, 2.05) is 0 Å². The smallest absolute Gasteiger partial charge is 0.403 e. The minimum Gasteiger partial charge on any atom is -0.403 e. The van der Waals surface area contributed by atoms with Crippen LogP contribution < -0.4 is 4.74 Å². The molecule has 0 amide bonds. The molecule has 3 nitrogen and oxygen atoms in total. The highest BCUT2D eigenvalue weighted by Crippen LogP contribution is 2.37. The van der Waals surface area contributed by atoms with E-state index < -0.39 is 17.9 Å². The van der Waals surface area contributed by atoms with Gasteiger partial charge in [0.15, 0.2) is 17.3 Å². The molecule has 2 aliphatic heterocycles. The van der Waals surface area contributed by atoms with E-state index in [4.69, 9.17) is 4.74 Å². The van der Waals surface area contributed by atoms with E-state index >= 15 is 0 Å². The van der Waals surface area contributed by atoms with Crippen molar-refractivity contribution < 1.29 is 31.8 Å². The van der Waals surface area contributed by atoms with Crippen LogP contribution >= 0.6 is 0 Å². The summed E-state index contributed by atoms with van der Waals surface area (Å²) in [5, 5.41) is 0. The highest BCUT2D eigenvalue weighted by Gasteiger charge is 2.38. The molecular weight excluding hydrogens is 304 g/mol. The summed E-state index contributed by atoms with van der Waals surface area (Å²) in [5.41, 5.74) is 0.0679. The van der Waals surface area contributed by atoms with Crippen LogP contribution in [0.1, 0.15) is 36.0 Å². The number of fused-ring (bicyclic) bond motifs is 2. The first kappa shape index (κ1) is 15.3. The lowest BCUT2D eigenvalue weighted by Crippen LogP contribution is -2.30. The fraction of sp³-hybridized carbons (Fsp3) is 0.533. The van der Waals surface area contributed by atoms with Gasteiger partial charge >= 0.3 is 6.36 Å². The Hall–Kier alpha value is -1.63. The number of Topliss-reactive ketones (excluding diaryl/α,β-unsaturated/α-hetero) is 1. The standard InChI is InChI=1S/C15H14F4O3/c16-12-7-8(1-4-13(12)22-15(17,18)19)14(20)9-5-10-2-3-11(6-9)21-10/h1,4,7,9-11H,2-3,5-6H2. The lowest BCUT2D eigenvalue weighted by molar-refractivity contribution is -0.275. The molecule has 2 fully saturated rings. The number of hydrogen-bond acceptors (Lipinski definition) is 3. The Labute approximate surface area is 124 Å². The molecule has 2 saturated heterocycles. The Morgan fingerprint density at radius 2 is 1.82 bits per heavy atom. The Balaban J connectivity index is 1.74. The lowest BCUT2D eigenvalue weighted by atomic mass is 9.88. The molecule has 3 rings (SSSR count). The summed E-state index contributed by atoms with van der Waals surface area (Å²) in [5.74, 6) is -2.65. The molecule has 0 spiro atoms. The average Bonchev–Trinajstić information content (AvgIpc) is 2.77. The van der Waals surface area contributed by atoms with Gasteiger partial charge in [0.1, 0.15) is 0 Å². The highest BCUT2D eigenvalue weighted by molar-refractivity contribution is 5.98. The normalized spacial score (nSPS) is 27.7. The molecule has 0 aliphatic carbocycles. The first-order valence-corrected chi connectivity index (χ1v) is 7.07.